The number of halogens is 1. The smallest absolute Gasteiger partial charge is 0.776 e. The maximum Gasteiger partial charge on any atom is 1.00 e. The molecule has 0 aliphatic heterocycles. The largest absolute Gasteiger partial charge is 1.00 e. The Labute approximate surface area is 745 Å². The van der Waals surface area contributed by atoms with Crippen molar-refractivity contribution in [2.45, 2.75) is 150 Å². The van der Waals surface area contributed by atoms with Crippen LogP contribution in [0.25, 0.3) is 0 Å². The standard InChI is InChI=1S/C29H43N3O11P2.C21H24O4.C15H22N2O3.C13H18O2.C8H7BrO2.2Na/c1-21(2)17-23-9-11-25(12-10-23)22(3)28(34)43-20-27(33)31-30-19-24-7-5-8-26(18-24)42-16-6-14-32(4)15-13-29(35,44(36,37)38)45(39,40)41;1-15(2)13-17-9-11-18(12-10-17)16(3)21(23)24-14-20(22)25-19-7-5-4-6-8-19;1-10(2)8-12-4-6-13(7-5-12)11(3)15(19)20-9-14(18)17-16;1-9(2)8-11-4-6-12(7-5-11)10(3)13(14)15;9-6-8(10)11-7-4-2-1-3-5-7;;/h5,7-12,18-19,21-22,35H,6,13-17,20H2,1-4H3,(H,31,33)(H2,36,37,38)(H2,39,40,41);4-12,15-16H,13-14H2,1-3H3;4-7,10-11H,8-9,16H2,1-3H3,(H,17,18);4-7,9-10H,8H2,1-3H3,(H,14,15);1-5H,6H2;;/q;;;;;2*+1/p-2/b30-19+;;;;;;/t22-;16-;11-;10-;;;/m0000.../s1. The Bertz CT molecular complexity index is 4270. The molecule has 0 spiro atoms. The van der Waals surface area contributed by atoms with Crippen LogP contribution in [0.3, 0.4) is 0 Å². The number of benzene rings is 7. The number of hydrazine groups is 1. The number of alkyl halides is 1. The summed E-state index contributed by atoms with van der Waals surface area (Å²) < 4.78 is 53.4. The third-order valence-electron chi connectivity index (χ3n) is 17.1. The van der Waals surface area contributed by atoms with Gasteiger partial charge in [-0.3, -0.25) is 39.0 Å². The number of ether oxygens (including phenoxy) is 6. The molecule has 0 aliphatic carbocycles. The number of rotatable bonds is 37. The van der Waals surface area contributed by atoms with E-state index in [-0.39, 0.29) is 90.2 Å². The fourth-order valence-electron chi connectivity index (χ4n) is 10.6. The summed E-state index contributed by atoms with van der Waals surface area (Å²) in [6, 6.07) is 55.9. The number of hydrazone groups is 1. The molecule has 632 valence electrons. The van der Waals surface area contributed by atoms with E-state index in [0.717, 1.165) is 47.9 Å². The fraction of sp³-hybridized carbons (Fsp3) is 0.407. The second-order valence-corrected chi connectivity index (χ2v) is 33.6. The van der Waals surface area contributed by atoms with Crippen LogP contribution < -0.4 is 99.8 Å². The van der Waals surface area contributed by atoms with E-state index in [1.54, 1.807) is 88.4 Å². The molecule has 32 heteroatoms. The van der Waals surface area contributed by atoms with Crippen molar-refractivity contribution in [1.82, 2.24) is 15.8 Å². The van der Waals surface area contributed by atoms with Crippen LogP contribution in [0.15, 0.2) is 187 Å². The summed E-state index contributed by atoms with van der Waals surface area (Å²) in [4.78, 5) is 135. The van der Waals surface area contributed by atoms with Crippen molar-refractivity contribution in [2.24, 2.45) is 34.6 Å². The van der Waals surface area contributed by atoms with Gasteiger partial charge in [0.25, 0.3) is 11.8 Å². The molecule has 7 aromatic rings. The van der Waals surface area contributed by atoms with Gasteiger partial charge in [0.1, 0.15) is 22.6 Å². The van der Waals surface area contributed by atoms with Gasteiger partial charge >= 0.3 is 94.9 Å². The summed E-state index contributed by atoms with van der Waals surface area (Å²) >= 11 is 3.00. The van der Waals surface area contributed by atoms with Gasteiger partial charge in [-0.2, -0.15) is 5.10 Å². The molecule has 27 nitrogen and oxygen atoms in total. The first-order valence-electron chi connectivity index (χ1n) is 37.8. The number of esters is 5. The Balaban J connectivity index is 0.000000804. The summed E-state index contributed by atoms with van der Waals surface area (Å²) in [6.07, 6.45) is 4.86. The van der Waals surface area contributed by atoms with Crippen LogP contribution in [0.4, 0.5) is 0 Å². The average Bonchev–Trinajstić information content (AvgIpc) is 0.772. The number of aliphatic hydroxyl groups is 1. The van der Waals surface area contributed by atoms with Gasteiger partial charge in [0.15, 0.2) is 40.1 Å². The van der Waals surface area contributed by atoms with Gasteiger partial charge in [-0.1, -0.05) is 217 Å². The Hall–Kier alpha value is -7.57. The van der Waals surface area contributed by atoms with Crippen molar-refractivity contribution in [2.75, 3.05) is 51.9 Å². The Morgan fingerprint density at radius 2 is 0.847 bits per heavy atom. The van der Waals surface area contributed by atoms with E-state index in [1.165, 1.54) is 40.4 Å². The molecular weight excluding hydrogens is 1640 g/mol. The summed E-state index contributed by atoms with van der Waals surface area (Å²) in [7, 11) is -10.1. The molecule has 7 aromatic carbocycles. The summed E-state index contributed by atoms with van der Waals surface area (Å²) in [6.45, 7) is 23.2. The van der Waals surface area contributed by atoms with Gasteiger partial charge in [-0.05, 0) is 177 Å². The molecule has 0 aliphatic rings. The quantitative estimate of drug-likeness (QED) is 0.00194. The second-order valence-electron chi connectivity index (χ2n) is 29.1. The number of nitrogens with two attached hydrogens (primary N) is 1. The minimum atomic E-state index is -5.81. The van der Waals surface area contributed by atoms with Crippen LogP contribution in [0.5, 0.6) is 17.2 Å². The number of hydrogen-bond acceptors (Lipinski definition) is 22. The molecule has 7 rings (SSSR count). The van der Waals surface area contributed by atoms with E-state index in [0.29, 0.717) is 59.4 Å². The van der Waals surface area contributed by atoms with E-state index >= 15 is 0 Å². The summed E-state index contributed by atoms with van der Waals surface area (Å²) in [5.41, 5.74) is 13.2. The van der Waals surface area contributed by atoms with Crippen molar-refractivity contribution >= 4 is 85.0 Å². The number of hydrogen-bond donors (Lipinski definition) is 7. The zero-order valence-corrected chi connectivity index (χ0v) is 77.5. The zero-order chi connectivity index (χ0) is 86.7. The third kappa shape index (κ3) is 43.1. The monoisotopic (exact) mass is 1750 g/mol. The predicted molar refractivity (Wildman–Crippen MR) is 443 cm³/mol. The van der Waals surface area contributed by atoms with Gasteiger partial charge < -0.3 is 72.2 Å². The van der Waals surface area contributed by atoms with Crippen molar-refractivity contribution in [1.29, 1.82) is 0 Å². The Morgan fingerprint density at radius 1 is 0.500 bits per heavy atom. The van der Waals surface area contributed by atoms with Gasteiger partial charge in [0, 0.05) is 19.5 Å². The number of carboxylic acids is 1. The molecule has 118 heavy (non-hydrogen) atoms. The maximum atomic E-state index is 12.4. The van der Waals surface area contributed by atoms with Crippen LogP contribution in [-0.4, -0.2) is 136 Å². The molecule has 2 amide bonds. The van der Waals surface area contributed by atoms with Crippen molar-refractivity contribution < 1.29 is 165 Å². The normalized spacial score (nSPS) is 13.3. The Morgan fingerprint density at radius 3 is 1.19 bits per heavy atom. The number of carboxylic acid groups (broad SMARTS) is 1. The van der Waals surface area contributed by atoms with E-state index < -0.39 is 105 Å². The van der Waals surface area contributed by atoms with Gasteiger partial charge in [-0.15, -0.1) is 0 Å². The molecule has 8 N–H and O–H groups in total. The number of amides is 2. The number of carbonyl (C=O) groups is 8. The zero-order valence-electron chi connectivity index (χ0n) is 70.1. The molecule has 0 radical (unpaired) electrons. The fourth-order valence-corrected chi connectivity index (χ4v) is 12.8. The molecular formula is C86H112BrN5Na2O22P2. The maximum absolute atomic E-state index is 12.4. The molecule has 2 unspecified atom stereocenters. The first-order valence-corrected chi connectivity index (χ1v) is 42.1. The SMILES string of the molecule is CC(C)Cc1ccc([C@H](C)C(=O)O)cc1.CC(C)Cc1ccc([C@H](C)C(=O)OCC(=O)N/N=C/c2cccc(OCCCN(C)CCC(O)(P(=O)([O-])O)P(=O)([O-])O)c2)cc1.CC(C)Cc1ccc([C@H](C)C(=O)OCC(=O)NN)cc1.CC(C)Cc1ccc([C@H](C)C(=O)OCC(=O)Oc2ccccc2)cc1.O=C(CBr)Oc1ccccc1.[Na+].[Na+]. The van der Waals surface area contributed by atoms with Crippen molar-refractivity contribution in [3.8, 4) is 17.2 Å². The molecule has 0 aromatic heterocycles. The van der Waals surface area contributed by atoms with Crippen LogP contribution in [0.1, 0.15) is 170 Å². The van der Waals surface area contributed by atoms with E-state index in [9.17, 15) is 62.4 Å². The minimum absolute atomic E-state index is 0. The predicted octanol–water partition coefficient (Wildman–Crippen LogP) is 6.24. The Kier molecular flexibility index (Phi) is 52.2. The number of carbonyl (C=O) groups excluding carboxylic acids is 7. The van der Waals surface area contributed by atoms with Crippen molar-refractivity contribution in [3.05, 3.63) is 232 Å². The van der Waals surface area contributed by atoms with Gasteiger partial charge in [0.05, 0.1) is 36.5 Å². The number of para-hydroxylation sites is 2. The van der Waals surface area contributed by atoms with E-state index in [1.807, 2.05) is 127 Å². The van der Waals surface area contributed by atoms with Crippen LogP contribution in [-0.2, 0) is 87.4 Å². The first kappa shape index (κ1) is 108. The van der Waals surface area contributed by atoms with Gasteiger partial charge in [-0.25, -0.2) is 16.1 Å². The molecule has 0 saturated heterocycles. The first-order chi connectivity index (χ1) is 54.6. The van der Waals surface area contributed by atoms with E-state index in [4.69, 9.17) is 49.2 Å². The molecule has 0 bridgehead atoms. The van der Waals surface area contributed by atoms with Crippen molar-refractivity contribution in [3.63, 3.8) is 0 Å². The molecule has 0 saturated carbocycles. The molecule has 6 atom stereocenters. The second kappa shape index (κ2) is 56.9. The van der Waals surface area contributed by atoms with Crippen LogP contribution in [0, 0.1) is 23.7 Å². The summed E-state index contributed by atoms with van der Waals surface area (Å²) in [5, 5.41) is 19.1. The average molecular weight is 1760 g/mol. The van der Waals surface area contributed by atoms with E-state index in [2.05, 4.69) is 81.8 Å². The molecule has 0 heterocycles. The minimum Gasteiger partial charge on any atom is -0.776 e. The van der Waals surface area contributed by atoms with Crippen LogP contribution >= 0.6 is 31.1 Å². The number of nitrogens with zero attached hydrogens (tertiary/aromatic N) is 2. The van der Waals surface area contributed by atoms with Gasteiger partial charge in [0.2, 0.25) is 0 Å². The molecule has 0 fully saturated rings. The topological polar surface area (TPSA) is 419 Å². The number of aliphatic carboxylic acids is 1. The van der Waals surface area contributed by atoms with Crippen LogP contribution in [0.2, 0.25) is 0 Å². The summed E-state index contributed by atoms with van der Waals surface area (Å²) in [5.74, 6) is 2.75. The number of nitrogens with one attached hydrogen (secondary N) is 2. The third-order valence-corrected chi connectivity index (χ3v) is 21.3.